The van der Waals surface area contributed by atoms with E-state index in [0.29, 0.717) is 0 Å². The number of hydrogen-bond donors (Lipinski definition) is 0. The molecular formula is C9H8IN3S. The molecule has 0 aliphatic heterocycles. The average Bonchev–Trinajstić information content (AvgIpc) is 2.57. The summed E-state index contributed by atoms with van der Waals surface area (Å²) in [5, 5.41) is 0. The van der Waals surface area contributed by atoms with Crippen LogP contribution in [0.2, 0.25) is 0 Å². The van der Waals surface area contributed by atoms with Crippen molar-refractivity contribution in [2.24, 2.45) is 0 Å². The van der Waals surface area contributed by atoms with Gasteiger partial charge in [-0.3, -0.25) is 0 Å². The van der Waals surface area contributed by atoms with E-state index >= 15 is 0 Å². The maximum Gasteiger partial charge on any atom is 0.192 e. The van der Waals surface area contributed by atoms with Crippen molar-refractivity contribution in [3.05, 3.63) is 26.4 Å². The van der Waals surface area contributed by atoms with Gasteiger partial charge in [0.2, 0.25) is 0 Å². The number of halogens is 1. The molecule has 3 nitrogen and oxygen atoms in total. The molecule has 0 amide bonds. The lowest BCUT2D eigenvalue weighted by molar-refractivity contribution is 1.13. The lowest BCUT2D eigenvalue weighted by Gasteiger charge is -1.99. The summed E-state index contributed by atoms with van der Waals surface area (Å²) in [4.78, 5) is 8.72. The SMILES string of the molecule is Cc1ccc(-c2nsc(I)n2)nc1C. The van der Waals surface area contributed by atoms with Crippen LogP contribution in [0.1, 0.15) is 11.3 Å². The third kappa shape index (κ3) is 1.93. The lowest BCUT2D eigenvalue weighted by Crippen LogP contribution is -1.91. The molecule has 0 N–H and O–H groups in total. The standard InChI is InChI=1S/C9H8IN3S/c1-5-3-4-7(11-6(5)2)8-12-9(10)14-13-8/h3-4H,1-2H3. The summed E-state index contributed by atoms with van der Waals surface area (Å²) in [6.07, 6.45) is 0. The van der Waals surface area contributed by atoms with Crippen molar-refractivity contribution < 1.29 is 0 Å². The van der Waals surface area contributed by atoms with E-state index in [1.165, 1.54) is 17.1 Å². The first kappa shape index (κ1) is 9.97. The van der Waals surface area contributed by atoms with Crippen LogP contribution in [0, 0.1) is 16.9 Å². The largest absolute Gasteiger partial charge is 0.249 e. The van der Waals surface area contributed by atoms with E-state index < -0.39 is 0 Å². The highest BCUT2D eigenvalue weighted by atomic mass is 127. The molecule has 0 aliphatic carbocycles. The Morgan fingerprint density at radius 1 is 1.21 bits per heavy atom. The monoisotopic (exact) mass is 317 g/mol. The summed E-state index contributed by atoms with van der Waals surface area (Å²) >= 11 is 3.55. The zero-order valence-electron chi connectivity index (χ0n) is 7.78. The Hall–Kier alpha value is -0.560. The molecule has 0 spiro atoms. The van der Waals surface area contributed by atoms with E-state index in [0.717, 1.165) is 20.2 Å². The van der Waals surface area contributed by atoms with Gasteiger partial charge in [0.05, 0.1) is 0 Å². The van der Waals surface area contributed by atoms with E-state index in [1.54, 1.807) is 0 Å². The van der Waals surface area contributed by atoms with E-state index in [2.05, 4.69) is 36.9 Å². The second-order valence-corrected chi connectivity index (χ2v) is 5.48. The Bertz CT molecular complexity index is 467. The van der Waals surface area contributed by atoms with Gasteiger partial charge in [-0.1, -0.05) is 6.07 Å². The second-order valence-electron chi connectivity index (χ2n) is 2.97. The van der Waals surface area contributed by atoms with Gasteiger partial charge >= 0.3 is 0 Å². The first-order valence-electron chi connectivity index (χ1n) is 4.10. The molecule has 2 heterocycles. The van der Waals surface area contributed by atoms with Gasteiger partial charge in [0, 0.05) is 5.69 Å². The molecule has 0 unspecified atom stereocenters. The van der Waals surface area contributed by atoms with Crippen LogP contribution in [-0.2, 0) is 0 Å². The van der Waals surface area contributed by atoms with Gasteiger partial charge in [-0.05, 0) is 59.6 Å². The van der Waals surface area contributed by atoms with E-state index in [4.69, 9.17) is 0 Å². The Balaban J connectivity index is 2.47. The number of nitrogens with zero attached hydrogens (tertiary/aromatic N) is 3. The van der Waals surface area contributed by atoms with E-state index in [1.807, 2.05) is 26.0 Å². The molecule has 0 radical (unpaired) electrons. The average molecular weight is 317 g/mol. The van der Waals surface area contributed by atoms with Crippen LogP contribution in [-0.4, -0.2) is 14.3 Å². The Kier molecular flexibility index (Phi) is 2.78. The summed E-state index contributed by atoms with van der Waals surface area (Å²) in [6.45, 7) is 4.04. The predicted molar refractivity (Wildman–Crippen MR) is 65.3 cm³/mol. The Morgan fingerprint density at radius 2 is 2.00 bits per heavy atom. The zero-order valence-corrected chi connectivity index (χ0v) is 10.8. The van der Waals surface area contributed by atoms with Gasteiger partial charge in [-0.2, -0.15) is 4.37 Å². The predicted octanol–water partition coefficient (Wildman–Crippen LogP) is 2.82. The van der Waals surface area contributed by atoms with Crippen molar-refractivity contribution in [1.29, 1.82) is 0 Å². The molecule has 0 aromatic carbocycles. The minimum absolute atomic E-state index is 0.725. The van der Waals surface area contributed by atoms with Gasteiger partial charge in [0.15, 0.2) is 8.84 Å². The van der Waals surface area contributed by atoms with Crippen LogP contribution in [0.5, 0.6) is 0 Å². The zero-order chi connectivity index (χ0) is 10.1. The molecule has 0 fully saturated rings. The van der Waals surface area contributed by atoms with Crippen LogP contribution in [0.3, 0.4) is 0 Å². The number of hydrogen-bond acceptors (Lipinski definition) is 4. The number of aryl methyl sites for hydroxylation is 2. The normalized spacial score (nSPS) is 10.5. The van der Waals surface area contributed by atoms with Crippen LogP contribution < -0.4 is 0 Å². The molecule has 0 atom stereocenters. The van der Waals surface area contributed by atoms with Crippen LogP contribution >= 0.6 is 34.1 Å². The fraction of sp³-hybridized carbons (Fsp3) is 0.222. The highest BCUT2D eigenvalue weighted by molar-refractivity contribution is 14.1. The van der Waals surface area contributed by atoms with Crippen molar-refractivity contribution in [1.82, 2.24) is 14.3 Å². The van der Waals surface area contributed by atoms with Gasteiger partial charge in [-0.25, -0.2) is 9.97 Å². The fourth-order valence-electron chi connectivity index (χ4n) is 1.06. The van der Waals surface area contributed by atoms with Crippen LogP contribution in [0.15, 0.2) is 12.1 Å². The molecule has 2 aromatic heterocycles. The van der Waals surface area contributed by atoms with Crippen molar-refractivity contribution in [2.45, 2.75) is 13.8 Å². The second kappa shape index (κ2) is 3.90. The highest BCUT2D eigenvalue weighted by Gasteiger charge is 2.06. The summed E-state index contributed by atoms with van der Waals surface area (Å²) in [5.74, 6) is 0.725. The van der Waals surface area contributed by atoms with Gasteiger partial charge in [0.1, 0.15) is 5.69 Å². The maximum atomic E-state index is 4.43. The van der Waals surface area contributed by atoms with Crippen LogP contribution in [0.25, 0.3) is 11.5 Å². The highest BCUT2D eigenvalue weighted by Crippen LogP contribution is 2.18. The topological polar surface area (TPSA) is 38.7 Å². The molecule has 0 saturated carbocycles. The molecule has 72 valence electrons. The molecule has 0 saturated heterocycles. The number of pyridine rings is 1. The quantitative estimate of drug-likeness (QED) is 0.759. The van der Waals surface area contributed by atoms with Gasteiger partial charge < -0.3 is 0 Å². The molecule has 0 bridgehead atoms. The van der Waals surface area contributed by atoms with Crippen molar-refractivity contribution in [3.63, 3.8) is 0 Å². The molecular weight excluding hydrogens is 309 g/mol. The maximum absolute atomic E-state index is 4.43. The minimum atomic E-state index is 0.725. The lowest BCUT2D eigenvalue weighted by atomic mass is 10.2. The van der Waals surface area contributed by atoms with Crippen LogP contribution in [0.4, 0.5) is 0 Å². The number of aromatic nitrogens is 3. The van der Waals surface area contributed by atoms with Crippen molar-refractivity contribution in [2.75, 3.05) is 0 Å². The first-order chi connectivity index (χ1) is 6.66. The summed E-state index contributed by atoms with van der Waals surface area (Å²) < 4.78 is 5.16. The summed E-state index contributed by atoms with van der Waals surface area (Å²) in [5.41, 5.74) is 3.08. The van der Waals surface area contributed by atoms with E-state index in [-0.39, 0.29) is 0 Å². The summed E-state index contributed by atoms with van der Waals surface area (Å²) in [6, 6.07) is 4.01. The molecule has 2 rings (SSSR count). The summed E-state index contributed by atoms with van der Waals surface area (Å²) in [7, 11) is 0. The van der Waals surface area contributed by atoms with E-state index in [9.17, 15) is 0 Å². The first-order valence-corrected chi connectivity index (χ1v) is 5.96. The van der Waals surface area contributed by atoms with Crippen molar-refractivity contribution >= 4 is 34.1 Å². The molecule has 14 heavy (non-hydrogen) atoms. The Labute approximate surface area is 99.9 Å². The minimum Gasteiger partial charge on any atom is -0.249 e. The third-order valence-electron chi connectivity index (χ3n) is 1.98. The number of rotatable bonds is 1. The van der Waals surface area contributed by atoms with Gasteiger partial charge in [-0.15, -0.1) is 0 Å². The molecule has 2 aromatic rings. The van der Waals surface area contributed by atoms with Crippen molar-refractivity contribution in [3.8, 4) is 11.5 Å². The smallest absolute Gasteiger partial charge is 0.192 e. The molecule has 5 heteroatoms. The third-order valence-corrected chi connectivity index (χ3v) is 3.32. The fourth-order valence-corrected chi connectivity index (χ4v) is 2.01. The Morgan fingerprint density at radius 3 is 2.57 bits per heavy atom. The molecule has 0 aliphatic rings. The van der Waals surface area contributed by atoms with Gasteiger partial charge in [0.25, 0.3) is 0 Å².